The van der Waals surface area contributed by atoms with Crippen LogP contribution in [0.5, 0.6) is 0 Å². The van der Waals surface area contributed by atoms with Gasteiger partial charge in [0.2, 0.25) is 0 Å². The van der Waals surface area contributed by atoms with Crippen LogP contribution in [0.4, 0.5) is 5.69 Å². The Bertz CT molecular complexity index is 528. The van der Waals surface area contributed by atoms with Crippen LogP contribution in [0.1, 0.15) is 17.3 Å². The Hall–Kier alpha value is -2.49. The van der Waals surface area contributed by atoms with E-state index in [4.69, 9.17) is 5.11 Å². The monoisotopic (exact) mass is 242 g/mol. The van der Waals surface area contributed by atoms with E-state index in [2.05, 4.69) is 16.8 Å². The number of hydrogen-bond donors (Lipinski definition) is 1. The fraction of sp³-hybridized carbons (Fsp3) is 0.0714. The van der Waals surface area contributed by atoms with Gasteiger partial charge in [-0.3, -0.25) is 0 Å². The molecule has 0 saturated carbocycles. The van der Waals surface area contributed by atoms with Gasteiger partial charge in [0.15, 0.2) is 0 Å². The van der Waals surface area contributed by atoms with Crippen molar-refractivity contribution in [2.45, 2.75) is 6.92 Å². The summed E-state index contributed by atoms with van der Waals surface area (Å²) in [5.41, 5.74) is 1.33. The Balaban J connectivity index is 2.95. The molecule has 1 aromatic carbocycles. The summed E-state index contributed by atoms with van der Waals surface area (Å²) >= 11 is 0. The van der Waals surface area contributed by atoms with Crippen molar-refractivity contribution in [3.63, 3.8) is 0 Å². The number of rotatable bonds is 5. The molecule has 0 spiro atoms. The molecular formula is C14H14N2O2. The first-order chi connectivity index (χ1) is 8.67. The minimum Gasteiger partial charge on any atom is -0.478 e. The Kier molecular flexibility index (Phi) is 5.25. The molecule has 0 unspecified atom stereocenters. The predicted octanol–water partition coefficient (Wildman–Crippen LogP) is 4.11. The number of carbonyl (C=O) groups is 1. The molecule has 92 valence electrons. The molecule has 1 aromatic rings. The Morgan fingerprint density at radius 1 is 1.44 bits per heavy atom. The topological polar surface area (TPSA) is 62.0 Å². The summed E-state index contributed by atoms with van der Waals surface area (Å²) < 4.78 is 0. The number of nitrogens with zero attached hydrogens (tertiary/aromatic N) is 2. The molecule has 0 aliphatic rings. The van der Waals surface area contributed by atoms with E-state index >= 15 is 0 Å². The van der Waals surface area contributed by atoms with Crippen molar-refractivity contribution in [1.29, 1.82) is 0 Å². The molecule has 0 heterocycles. The van der Waals surface area contributed by atoms with Gasteiger partial charge in [-0.25, -0.2) is 4.79 Å². The highest BCUT2D eigenvalue weighted by Gasteiger charge is 2.02. The minimum atomic E-state index is -0.984. The second-order valence-corrected chi connectivity index (χ2v) is 3.38. The summed E-state index contributed by atoms with van der Waals surface area (Å²) in [7, 11) is 0. The lowest BCUT2D eigenvalue weighted by Crippen LogP contribution is -1.94. The molecule has 0 aliphatic heterocycles. The van der Waals surface area contributed by atoms with Crippen LogP contribution in [0, 0.1) is 0 Å². The van der Waals surface area contributed by atoms with Crippen LogP contribution in [-0.4, -0.2) is 11.1 Å². The zero-order valence-corrected chi connectivity index (χ0v) is 10.1. The number of aromatic carboxylic acids is 1. The van der Waals surface area contributed by atoms with Gasteiger partial charge in [0.25, 0.3) is 0 Å². The van der Waals surface area contributed by atoms with Gasteiger partial charge in [-0.1, -0.05) is 24.8 Å². The average molecular weight is 242 g/mol. The normalized spacial score (nSPS) is 12.2. The molecule has 18 heavy (non-hydrogen) atoms. The zero-order valence-electron chi connectivity index (χ0n) is 10.1. The summed E-state index contributed by atoms with van der Waals surface area (Å²) in [6.45, 7) is 5.46. The lowest BCUT2D eigenvalue weighted by molar-refractivity contribution is 0.0697. The van der Waals surface area contributed by atoms with Crippen molar-refractivity contribution < 1.29 is 9.90 Å². The second kappa shape index (κ2) is 6.96. The van der Waals surface area contributed by atoms with E-state index in [1.54, 1.807) is 30.4 Å². The molecule has 0 radical (unpaired) electrons. The van der Waals surface area contributed by atoms with Crippen LogP contribution in [0.25, 0.3) is 0 Å². The quantitative estimate of drug-likeness (QED) is 0.623. The first-order valence-electron chi connectivity index (χ1n) is 5.38. The first-order valence-corrected chi connectivity index (χ1v) is 5.38. The van der Waals surface area contributed by atoms with Crippen LogP contribution < -0.4 is 0 Å². The highest BCUT2D eigenvalue weighted by atomic mass is 16.4. The number of carboxylic acid groups (broad SMARTS) is 1. The third kappa shape index (κ3) is 4.17. The third-order valence-electron chi connectivity index (χ3n) is 2.00. The van der Waals surface area contributed by atoms with Gasteiger partial charge in [-0.15, -0.1) is 0 Å². The van der Waals surface area contributed by atoms with Gasteiger partial charge in [0, 0.05) is 0 Å². The molecule has 4 nitrogen and oxygen atoms in total. The molecule has 1 N–H and O–H groups in total. The Morgan fingerprint density at radius 3 is 2.83 bits per heavy atom. The van der Waals surface area contributed by atoms with Crippen molar-refractivity contribution in [1.82, 2.24) is 0 Å². The fourth-order valence-electron chi connectivity index (χ4n) is 1.23. The van der Waals surface area contributed by atoms with E-state index in [9.17, 15) is 4.79 Å². The first kappa shape index (κ1) is 13.6. The van der Waals surface area contributed by atoms with E-state index in [1.807, 2.05) is 13.0 Å². The average Bonchev–Trinajstić information content (AvgIpc) is 2.37. The molecule has 0 saturated heterocycles. The minimum absolute atomic E-state index is 0.187. The van der Waals surface area contributed by atoms with Gasteiger partial charge in [0.05, 0.1) is 16.9 Å². The van der Waals surface area contributed by atoms with Crippen molar-refractivity contribution in [2.75, 3.05) is 0 Å². The number of carboxylic acids is 1. The largest absolute Gasteiger partial charge is 0.478 e. The standard InChI is InChI=1S/C14H14N2O2/c1-3-6-12(7-4-2)15-16-13-9-5-8-11(10-13)14(17)18/h3-10H,1H2,2H3,(H,17,18)/b7-4-,12-6+,16-15+. The molecule has 0 aliphatic carbocycles. The molecule has 0 aromatic heterocycles. The lowest BCUT2D eigenvalue weighted by Gasteiger charge is -1.96. The molecular weight excluding hydrogens is 228 g/mol. The highest BCUT2D eigenvalue weighted by molar-refractivity contribution is 5.88. The van der Waals surface area contributed by atoms with Crippen molar-refractivity contribution in [2.24, 2.45) is 10.2 Å². The summed E-state index contributed by atoms with van der Waals surface area (Å²) in [6.07, 6.45) is 6.95. The Labute approximate surface area is 106 Å². The number of benzene rings is 1. The van der Waals surface area contributed by atoms with Crippen molar-refractivity contribution in [3.05, 3.63) is 66.4 Å². The summed E-state index contributed by atoms with van der Waals surface area (Å²) in [4.78, 5) is 10.8. The number of hydrogen-bond acceptors (Lipinski definition) is 3. The maximum atomic E-state index is 10.8. The summed E-state index contributed by atoms with van der Waals surface area (Å²) in [5.74, 6) is -0.984. The predicted molar refractivity (Wildman–Crippen MR) is 71.0 cm³/mol. The van der Waals surface area contributed by atoms with Crippen LogP contribution in [0.2, 0.25) is 0 Å². The van der Waals surface area contributed by atoms with Crippen molar-refractivity contribution in [3.8, 4) is 0 Å². The summed E-state index contributed by atoms with van der Waals surface area (Å²) in [5, 5.41) is 16.8. The van der Waals surface area contributed by atoms with Gasteiger partial charge in [-0.05, 0) is 37.3 Å². The molecule has 1 rings (SSSR count). The molecule has 0 atom stereocenters. The van der Waals surface area contributed by atoms with Gasteiger partial charge >= 0.3 is 5.97 Å². The SMILES string of the molecule is C=C/C=C(\C=C/C)/N=N/c1cccc(C(=O)O)c1. The maximum absolute atomic E-state index is 10.8. The van der Waals surface area contributed by atoms with Crippen LogP contribution in [0.3, 0.4) is 0 Å². The van der Waals surface area contributed by atoms with Gasteiger partial charge in [-0.2, -0.15) is 10.2 Å². The van der Waals surface area contributed by atoms with Crippen LogP contribution >= 0.6 is 0 Å². The number of allylic oxidation sites excluding steroid dienone is 4. The molecule has 0 fully saturated rings. The van der Waals surface area contributed by atoms with Crippen LogP contribution in [0.15, 0.2) is 71.1 Å². The van der Waals surface area contributed by atoms with E-state index in [-0.39, 0.29) is 5.56 Å². The summed E-state index contributed by atoms with van der Waals surface area (Å²) in [6, 6.07) is 6.29. The van der Waals surface area contributed by atoms with E-state index in [1.165, 1.54) is 12.1 Å². The maximum Gasteiger partial charge on any atom is 0.335 e. The Morgan fingerprint density at radius 2 is 2.22 bits per heavy atom. The third-order valence-corrected chi connectivity index (χ3v) is 2.00. The molecule has 0 bridgehead atoms. The van der Waals surface area contributed by atoms with E-state index < -0.39 is 5.97 Å². The highest BCUT2D eigenvalue weighted by Crippen LogP contribution is 2.16. The van der Waals surface area contributed by atoms with E-state index in [0.29, 0.717) is 11.4 Å². The smallest absolute Gasteiger partial charge is 0.335 e. The molecule has 4 heteroatoms. The van der Waals surface area contributed by atoms with Crippen molar-refractivity contribution >= 4 is 11.7 Å². The molecule has 0 amide bonds. The lowest BCUT2D eigenvalue weighted by atomic mass is 10.2. The number of azo groups is 1. The van der Waals surface area contributed by atoms with Crippen LogP contribution in [-0.2, 0) is 0 Å². The van der Waals surface area contributed by atoms with Gasteiger partial charge in [0.1, 0.15) is 0 Å². The fourth-order valence-corrected chi connectivity index (χ4v) is 1.23. The van der Waals surface area contributed by atoms with Gasteiger partial charge < -0.3 is 5.11 Å². The second-order valence-electron chi connectivity index (χ2n) is 3.38. The van der Waals surface area contributed by atoms with E-state index in [0.717, 1.165) is 0 Å². The zero-order chi connectivity index (χ0) is 13.4.